The summed E-state index contributed by atoms with van der Waals surface area (Å²) in [7, 11) is 0. The monoisotopic (exact) mass is 295 g/mol. The van der Waals surface area contributed by atoms with Crippen molar-refractivity contribution in [2.24, 2.45) is 0 Å². The van der Waals surface area contributed by atoms with Gasteiger partial charge < -0.3 is 20.1 Å². The van der Waals surface area contributed by atoms with Gasteiger partial charge in [-0.3, -0.25) is 9.69 Å². The summed E-state index contributed by atoms with van der Waals surface area (Å²) in [4.78, 5) is 13.3. The second kappa shape index (κ2) is 6.85. The molecule has 3 N–H and O–H groups in total. The smallest absolute Gasteiger partial charge is 0.306 e. The Balaban J connectivity index is 0.00000180. The average Bonchev–Trinajstić information content (AvgIpc) is 2.67. The highest BCUT2D eigenvalue weighted by molar-refractivity contribution is 5.85. The molecule has 0 aromatic rings. The lowest BCUT2D eigenvalue weighted by Crippen LogP contribution is -2.62. The molecule has 2 aliphatic heterocycles. The van der Waals surface area contributed by atoms with Crippen LogP contribution in [0.1, 0.15) is 26.2 Å². The van der Waals surface area contributed by atoms with Crippen LogP contribution in [0, 0.1) is 0 Å². The number of carbonyl (C=O) groups is 1. The third kappa shape index (κ3) is 3.38. The minimum Gasteiger partial charge on any atom is -0.458 e. The molecule has 2 saturated heterocycles. The van der Waals surface area contributed by atoms with E-state index in [0.29, 0.717) is 32.4 Å². The number of esters is 1. The van der Waals surface area contributed by atoms with Gasteiger partial charge in [-0.2, -0.15) is 0 Å². The van der Waals surface area contributed by atoms with Crippen molar-refractivity contribution in [3.05, 3.63) is 0 Å². The molecule has 2 heterocycles. The predicted molar refractivity (Wildman–Crippen MR) is 70.0 cm³/mol. The van der Waals surface area contributed by atoms with E-state index >= 15 is 0 Å². The van der Waals surface area contributed by atoms with Crippen molar-refractivity contribution < 1.29 is 24.9 Å². The van der Waals surface area contributed by atoms with Crippen molar-refractivity contribution >= 4 is 18.4 Å². The zero-order valence-corrected chi connectivity index (χ0v) is 11.8. The van der Waals surface area contributed by atoms with E-state index in [-0.39, 0.29) is 18.4 Å². The number of piperidine rings is 1. The summed E-state index contributed by atoms with van der Waals surface area (Å²) < 4.78 is 5.19. The molecule has 0 spiro atoms. The Labute approximate surface area is 118 Å². The van der Waals surface area contributed by atoms with Gasteiger partial charge in [-0.15, -0.1) is 12.4 Å². The molecule has 0 radical (unpaired) electrons. The molecular weight excluding hydrogens is 274 g/mol. The summed E-state index contributed by atoms with van der Waals surface area (Å²) in [6.07, 6.45) is -1.96. The van der Waals surface area contributed by atoms with Gasteiger partial charge in [0.25, 0.3) is 0 Å². The Hall–Kier alpha value is -0.400. The molecule has 0 saturated carbocycles. The van der Waals surface area contributed by atoms with E-state index in [1.165, 1.54) is 0 Å². The highest BCUT2D eigenvalue weighted by Crippen LogP contribution is 2.29. The number of nitrogens with zero attached hydrogens (tertiary/aromatic N) is 1. The molecule has 0 aromatic heterocycles. The van der Waals surface area contributed by atoms with E-state index < -0.39 is 30.5 Å². The first-order chi connectivity index (χ1) is 8.54. The predicted octanol–water partition coefficient (Wildman–Crippen LogP) is -0.709. The Kier molecular flexibility index (Phi) is 6.01. The third-order valence-corrected chi connectivity index (χ3v) is 3.76. The summed E-state index contributed by atoms with van der Waals surface area (Å²) in [5.74, 6) is -0.355. The Bertz CT molecular complexity index is 316. The quantitative estimate of drug-likeness (QED) is 0.596. The molecule has 112 valence electrons. The second-order valence-corrected chi connectivity index (χ2v) is 5.10. The van der Waals surface area contributed by atoms with E-state index in [0.717, 1.165) is 0 Å². The number of halogens is 1. The zero-order chi connectivity index (χ0) is 13.3. The van der Waals surface area contributed by atoms with Crippen LogP contribution in [-0.2, 0) is 9.53 Å². The van der Waals surface area contributed by atoms with E-state index in [4.69, 9.17) is 4.74 Å². The molecule has 0 aliphatic carbocycles. The number of rotatable bonds is 3. The fourth-order valence-electron chi connectivity index (χ4n) is 2.82. The fraction of sp³-hybridized carbons (Fsp3) is 0.917. The SMILES string of the molecule is CCCC(=O)OC1CN2CCC(O)C2C(O)C1O.Cl. The first kappa shape index (κ1) is 16.7. The third-order valence-electron chi connectivity index (χ3n) is 3.76. The molecule has 0 bridgehead atoms. The number of fused-ring (bicyclic) bond motifs is 1. The lowest BCUT2D eigenvalue weighted by atomic mass is 9.93. The minimum atomic E-state index is -1.13. The number of carbonyl (C=O) groups excluding carboxylic acids is 1. The van der Waals surface area contributed by atoms with E-state index in [2.05, 4.69) is 0 Å². The average molecular weight is 296 g/mol. The van der Waals surface area contributed by atoms with Crippen LogP contribution in [0.2, 0.25) is 0 Å². The molecule has 5 atom stereocenters. The van der Waals surface area contributed by atoms with Crippen molar-refractivity contribution in [3.8, 4) is 0 Å². The Morgan fingerprint density at radius 1 is 1.32 bits per heavy atom. The van der Waals surface area contributed by atoms with Gasteiger partial charge in [0.15, 0.2) is 0 Å². The summed E-state index contributed by atoms with van der Waals surface area (Å²) in [5.41, 5.74) is 0. The first-order valence-electron chi connectivity index (χ1n) is 6.52. The molecule has 0 aromatic carbocycles. The van der Waals surface area contributed by atoms with E-state index in [9.17, 15) is 20.1 Å². The molecule has 0 amide bonds. The molecule has 2 aliphatic rings. The van der Waals surface area contributed by atoms with Crippen LogP contribution in [0.3, 0.4) is 0 Å². The maximum atomic E-state index is 11.4. The van der Waals surface area contributed by atoms with Gasteiger partial charge in [-0.05, 0) is 12.8 Å². The van der Waals surface area contributed by atoms with E-state index in [1.54, 1.807) is 0 Å². The van der Waals surface area contributed by atoms with Gasteiger partial charge in [0.05, 0.1) is 12.1 Å². The topological polar surface area (TPSA) is 90.2 Å². The number of hydrogen-bond acceptors (Lipinski definition) is 6. The molecule has 7 heteroatoms. The van der Waals surface area contributed by atoms with Gasteiger partial charge in [0.2, 0.25) is 0 Å². The highest BCUT2D eigenvalue weighted by Gasteiger charge is 2.49. The minimum absolute atomic E-state index is 0. The molecule has 2 fully saturated rings. The van der Waals surface area contributed by atoms with Gasteiger partial charge in [0.1, 0.15) is 18.3 Å². The normalized spacial score (nSPS) is 38.4. The zero-order valence-electron chi connectivity index (χ0n) is 10.9. The van der Waals surface area contributed by atoms with Crippen molar-refractivity contribution in [1.29, 1.82) is 0 Å². The van der Waals surface area contributed by atoms with Gasteiger partial charge in [0, 0.05) is 19.5 Å². The highest BCUT2D eigenvalue weighted by atomic mass is 35.5. The van der Waals surface area contributed by atoms with Crippen LogP contribution in [-0.4, -0.2) is 69.7 Å². The van der Waals surface area contributed by atoms with E-state index in [1.807, 2.05) is 11.8 Å². The maximum absolute atomic E-state index is 11.4. The lowest BCUT2D eigenvalue weighted by Gasteiger charge is -2.42. The van der Waals surface area contributed by atoms with Gasteiger partial charge in [-0.1, -0.05) is 6.92 Å². The van der Waals surface area contributed by atoms with Crippen molar-refractivity contribution in [1.82, 2.24) is 4.90 Å². The summed E-state index contributed by atoms with van der Waals surface area (Å²) in [5, 5.41) is 29.7. The van der Waals surface area contributed by atoms with Crippen LogP contribution in [0.15, 0.2) is 0 Å². The molecule has 19 heavy (non-hydrogen) atoms. The summed E-state index contributed by atoms with van der Waals surface area (Å²) >= 11 is 0. The van der Waals surface area contributed by atoms with Crippen LogP contribution in [0.25, 0.3) is 0 Å². The van der Waals surface area contributed by atoms with Crippen molar-refractivity contribution in [2.75, 3.05) is 13.1 Å². The largest absolute Gasteiger partial charge is 0.458 e. The Morgan fingerprint density at radius 3 is 2.63 bits per heavy atom. The first-order valence-corrected chi connectivity index (χ1v) is 6.52. The van der Waals surface area contributed by atoms with Gasteiger partial charge in [-0.25, -0.2) is 0 Å². The molecular formula is C12H22ClNO5. The van der Waals surface area contributed by atoms with Crippen LogP contribution >= 0.6 is 12.4 Å². The van der Waals surface area contributed by atoms with Crippen molar-refractivity contribution in [2.45, 2.75) is 56.6 Å². The fourth-order valence-corrected chi connectivity index (χ4v) is 2.82. The van der Waals surface area contributed by atoms with Crippen LogP contribution < -0.4 is 0 Å². The molecule has 2 rings (SSSR count). The number of aliphatic hydroxyl groups is 3. The van der Waals surface area contributed by atoms with Gasteiger partial charge >= 0.3 is 5.97 Å². The molecule has 5 unspecified atom stereocenters. The number of aliphatic hydroxyl groups excluding tert-OH is 3. The summed E-state index contributed by atoms with van der Waals surface area (Å²) in [6, 6.07) is -0.443. The number of hydrogen-bond donors (Lipinski definition) is 3. The maximum Gasteiger partial charge on any atom is 0.306 e. The van der Waals surface area contributed by atoms with Crippen molar-refractivity contribution in [3.63, 3.8) is 0 Å². The Morgan fingerprint density at radius 2 is 2.00 bits per heavy atom. The summed E-state index contributed by atoms with van der Waals surface area (Å²) in [6.45, 7) is 2.90. The molecule has 6 nitrogen and oxygen atoms in total. The standard InChI is InChI=1S/C12H21NO5.ClH/c1-2-3-9(15)18-8-6-13-5-4-7(14)10(13)12(17)11(8)16;/h7-8,10-12,14,16-17H,2-6H2,1H3;1H. The lowest BCUT2D eigenvalue weighted by molar-refractivity contribution is -0.178. The van der Waals surface area contributed by atoms with Crippen LogP contribution in [0.5, 0.6) is 0 Å². The second-order valence-electron chi connectivity index (χ2n) is 5.10. The van der Waals surface area contributed by atoms with Crippen LogP contribution in [0.4, 0.5) is 0 Å². The number of ether oxygens (including phenoxy) is 1.